The summed E-state index contributed by atoms with van der Waals surface area (Å²) in [6.45, 7) is 8.19. The molecule has 0 heterocycles. The van der Waals surface area contributed by atoms with E-state index in [1.165, 1.54) is 0 Å². The van der Waals surface area contributed by atoms with Crippen molar-refractivity contribution in [3.05, 3.63) is 35.9 Å². The summed E-state index contributed by atoms with van der Waals surface area (Å²) in [5.41, 5.74) is 0.565. The first-order valence-electron chi connectivity index (χ1n) is 7.29. The maximum atomic E-state index is 11.6. The van der Waals surface area contributed by atoms with Gasteiger partial charge < -0.3 is 14.6 Å². The molecule has 0 saturated heterocycles. The Morgan fingerprint density at radius 1 is 1.24 bits per heavy atom. The number of carbonyl (C=O) groups is 1. The van der Waals surface area contributed by atoms with E-state index < -0.39 is 11.7 Å². The third-order valence-electron chi connectivity index (χ3n) is 2.94. The molecule has 0 bridgehead atoms. The summed E-state index contributed by atoms with van der Waals surface area (Å²) in [5, 5.41) is 10.0. The highest BCUT2D eigenvalue weighted by Crippen LogP contribution is 2.14. The van der Waals surface area contributed by atoms with Gasteiger partial charge in [0, 0.05) is 5.92 Å². The van der Waals surface area contributed by atoms with Crippen molar-refractivity contribution < 1.29 is 19.4 Å². The van der Waals surface area contributed by atoms with Crippen molar-refractivity contribution in [2.24, 2.45) is 5.92 Å². The molecule has 1 N–H and O–H groups in total. The first kappa shape index (κ1) is 17.7. The van der Waals surface area contributed by atoms with Crippen LogP contribution in [-0.4, -0.2) is 29.4 Å². The van der Waals surface area contributed by atoms with E-state index in [4.69, 9.17) is 9.47 Å². The van der Waals surface area contributed by atoms with Gasteiger partial charge in [-0.3, -0.25) is 4.79 Å². The number of rotatable bonds is 7. The maximum Gasteiger partial charge on any atom is 0.308 e. The Morgan fingerprint density at radius 2 is 1.86 bits per heavy atom. The van der Waals surface area contributed by atoms with E-state index in [0.29, 0.717) is 13.2 Å². The molecule has 0 aromatic heterocycles. The van der Waals surface area contributed by atoms with Crippen LogP contribution in [-0.2, 0) is 20.9 Å². The van der Waals surface area contributed by atoms with Crippen molar-refractivity contribution in [1.29, 1.82) is 0 Å². The van der Waals surface area contributed by atoms with E-state index in [1.807, 2.05) is 58.0 Å². The number of ether oxygens (including phenoxy) is 2. The number of aliphatic hydroxyl groups is 1. The molecule has 0 amide bonds. The Bertz CT molecular complexity index is 422. The standard InChI is InChI=1S/C17H26O4/c1-13(11-20-12-14-8-6-5-7-9-14)15(18)10-16(19)21-17(2,3)4/h5-9,13,15,18H,10-12H2,1-4H3/t13-,15-/m0/s1. The molecule has 0 radical (unpaired) electrons. The number of carbonyl (C=O) groups excluding carboxylic acids is 1. The van der Waals surface area contributed by atoms with Crippen LogP contribution in [0.1, 0.15) is 39.7 Å². The lowest BCUT2D eigenvalue weighted by atomic mass is 10.0. The minimum Gasteiger partial charge on any atom is -0.460 e. The molecule has 0 spiro atoms. The van der Waals surface area contributed by atoms with Gasteiger partial charge >= 0.3 is 5.97 Å². The van der Waals surface area contributed by atoms with E-state index in [9.17, 15) is 9.90 Å². The zero-order chi connectivity index (χ0) is 15.9. The summed E-state index contributed by atoms with van der Waals surface area (Å²) < 4.78 is 10.8. The first-order valence-corrected chi connectivity index (χ1v) is 7.29. The third kappa shape index (κ3) is 7.83. The van der Waals surface area contributed by atoms with E-state index in [0.717, 1.165) is 5.56 Å². The lowest BCUT2D eigenvalue weighted by Crippen LogP contribution is -2.30. The molecule has 4 heteroatoms. The molecule has 0 aliphatic heterocycles. The molecule has 0 fully saturated rings. The average Bonchev–Trinajstić information content (AvgIpc) is 2.37. The van der Waals surface area contributed by atoms with Gasteiger partial charge in [-0.15, -0.1) is 0 Å². The molecule has 1 aromatic carbocycles. The highest BCUT2D eigenvalue weighted by molar-refractivity contribution is 5.70. The molecular formula is C17H26O4. The van der Waals surface area contributed by atoms with E-state index in [2.05, 4.69) is 0 Å². The van der Waals surface area contributed by atoms with Crippen LogP contribution in [0.25, 0.3) is 0 Å². The number of esters is 1. The Hall–Kier alpha value is -1.39. The van der Waals surface area contributed by atoms with Gasteiger partial charge in [-0.1, -0.05) is 37.3 Å². The zero-order valence-electron chi connectivity index (χ0n) is 13.3. The van der Waals surface area contributed by atoms with Crippen LogP contribution < -0.4 is 0 Å². The predicted octanol–water partition coefficient (Wildman–Crippen LogP) is 2.93. The molecule has 21 heavy (non-hydrogen) atoms. The fourth-order valence-corrected chi connectivity index (χ4v) is 1.80. The number of hydrogen-bond donors (Lipinski definition) is 1. The molecule has 118 valence electrons. The van der Waals surface area contributed by atoms with Crippen LogP contribution in [0.15, 0.2) is 30.3 Å². The summed E-state index contributed by atoms with van der Waals surface area (Å²) in [5.74, 6) is -0.508. The Morgan fingerprint density at radius 3 is 2.43 bits per heavy atom. The van der Waals surface area contributed by atoms with Gasteiger partial charge in [0.15, 0.2) is 0 Å². The van der Waals surface area contributed by atoms with Crippen LogP contribution in [0.4, 0.5) is 0 Å². The van der Waals surface area contributed by atoms with Gasteiger partial charge in [-0.05, 0) is 26.3 Å². The van der Waals surface area contributed by atoms with E-state index >= 15 is 0 Å². The number of aliphatic hydroxyl groups excluding tert-OH is 1. The van der Waals surface area contributed by atoms with Crippen molar-refractivity contribution in [1.82, 2.24) is 0 Å². The lowest BCUT2D eigenvalue weighted by Gasteiger charge is -2.22. The first-order chi connectivity index (χ1) is 9.78. The molecule has 0 aliphatic rings. The molecular weight excluding hydrogens is 268 g/mol. The van der Waals surface area contributed by atoms with Crippen molar-refractivity contribution in [3.8, 4) is 0 Å². The predicted molar refractivity (Wildman–Crippen MR) is 81.7 cm³/mol. The van der Waals surface area contributed by atoms with Crippen molar-refractivity contribution >= 4 is 5.97 Å². The Balaban J connectivity index is 2.28. The van der Waals surface area contributed by atoms with Crippen molar-refractivity contribution in [2.45, 2.75) is 52.4 Å². The van der Waals surface area contributed by atoms with Gasteiger partial charge in [-0.25, -0.2) is 0 Å². The molecule has 4 nitrogen and oxygen atoms in total. The fraction of sp³-hybridized carbons (Fsp3) is 0.588. The summed E-state index contributed by atoms with van der Waals surface area (Å²) in [4.78, 5) is 11.6. The highest BCUT2D eigenvalue weighted by atomic mass is 16.6. The van der Waals surface area contributed by atoms with Gasteiger partial charge in [-0.2, -0.15) is 0 Å². The van der Waals surface area contributed by atoms with E-state index in [-0.39, 0.29) is 18.3 Å². The second kappa shape index (κ2) is 8.15. The summed E-state index contributed by atoms with van der Waals surface area (Å²) in [6, 6.07) is 9.85. The Kier molecular flexibility index (Phi) is 6.85. The second-order valence-electron chi connectivity index (χ2n) is 6.34. The zero-order valence-corrected chi connectivity index (χ0v) is 13.3. The summed E-state index contributed by atoms with van der Waals surface area (Å²) in [7, 11) is 0. The van der Waals surface area contributed by atoms with Crippen LogP contribution >= 0.6 is 0 Å². The minimum atomic E-state index is -0.754. The summed E-state index contributed by atoms with van der Waals surface area (Å²) >= 11 is 0. The molecule has 0 saturated carbocycles. The molecule has 0 aliphatic carbocycles. The monoisotopic (exact) mass is 294 g/mol. The van der Waals surface area contributed by atoms with Crippen molar-refractivity contribution in [3.63, 3.8) is 0 Å². The number of benzene rings is 1. The van der Waals surface area contributed by atoms with E-state index in [1.54, 1.807) is 0 Å². The molecule has 1 aromatic rings. The molecule has 2 atom stereocenters. The maximum absolute atomic E-state index is 11.6. The lowest BCUT2D eigenvalue weighted by molar-refractivity contribution is -0.158. The van der Waals surface area contributed by atoms with Gasteiger partial charge in [0.25, 0.3) is 0 Å². The van der Waals surface area contributed by atoms with Crippen LogP contribution in [0.2, 0.25) is 0 Å². The van der Waals surface area contributed by atoms with Crippen LogP contribution in [0, 0.1) is 5.92 Å². The molecule has 1 rings (SSSR count). The largest absolute Gasteiger partial charge is 0.460 e. The fourth-order valence-electron chi connectivity index (χ4n) is 1.80. The molecule has 0 unspecified atom stereocenters. The SMILES string of the molecule is C[C@@H](COCc1ccccc1)[C@@H](O)CC(=O)OC(C)(C)C. The van der Waals surface area contributed by atoms with Gasteiger partial charge in [0.05, 0.1) is 25.7 Å². The quantitative estimate of drug-likeness (QED) is 0.786. The van der Waals surface area contributed by atoms with Crippen LogP contribution in [0.5, 0.6) is 0 Å². The van der Waals surface area contributed by atoms with Crippen LogP contribution in [0.3, 0.4) is 0 Å². The second-order valence-corrected chi connectivity index (χ2v) is 6.34. The smallest absolute Gasteiger partial charge is 0.308 e. The average molecular weight is 294 g/mol. The summed E-state index contributed by atoms with van der Waals surface area (Å²) in [6.07, 6.45) is -0.761. The topological polar surface area (TPSA) is 55.8 Å². The normalized spacial score (nSPS) is 14.5. The van der Waals surface area contributed by atoms with Crippen molar-refractivity contribution in [2.75, 3.05) is 6.61 Å². The minimum absolute atomic E-state index is 0.00681. The third-order valence-corrected chi connectivity index (χ3v) is 2.94. The van der Waals surface area contributed by atoms with Gasteiger partial charge in [0.2, 0.25) is 0 Å². The Labute approximate surface area is 127 Å². The highest BCUT2D eigenvalue weighted by Gasteiger charge is 2.22. The number of hydrogen-bond acceptors (Lipinski definition) is 4. The van der Waals surface area contributed by atoms with Gasteiger partial charge in [0.1, 0.15) is 5.60 Å².